The molecular formula is C15H14N2O4S. The van der Waals surface area contributed by atoms with E-state index in [4.69, 9.17) is 0 Å². The van der Waals surface area contributed by atoms with Gasteiger partial charge in [-0.05, 0) is 18.2 Å². The molecule has 2 heterocycles. The Morgan fingerprint density at radius 2 is 2.09 bits per heavy atom. The topological polar surface area (TPSA) is 99.3 Å². The first-order chi connectivity index (χ1) is 10.5. The van der Waals surface area contributed by atoms with Gasteiger partial charge in [-0.15, -0.1) is 0 Å². The van der Waals surface area contributed by atoms with Crippen LogP contribution in [-0.4, -0.2) is 39.0 Å². The molecule has 0 saturated carbocycles. The molecule has 1 saturated heterocycles. The van der Waals surface area contributed by atoms with E-state index in [9.17, 15) is 19.5 Å². The summed E-state index contributed by atoms with van der Waals surface area (Å²) in [5.41, 5.74) is -0.915. The molecule has 1 aromatic heterocycles. The summed E-state index contributed by atoms with van der Waals surface area (Å²) >= 11 is 1.49. The fourth-order valence-corrected chi connectivity index (χ4v) is 3.89. The van der Waals surface area contributed by atoms with Crippen molar-refractivity contribution in [3.63, 3.8) is 0 Å². The lowest BCUT2D eigenvalue weighted by Gasteiger charge is -2.24. The number of H-pyrrole nitrogens is 1. The zero-order valence-electron chi connectivity index (χ0n) is 11.6. The van der Waals surface area contributed by atoms with Crippen LogP contribution in [0.2, 0.25) is 0 Å². The number of para-hydroxylation sites is 1. The maximum Gasteiger partial charge on any atom is 0.330 e. The van der Waals surface area contributed by atoms with Gasteiger partial charge in [0.05, 0.1) is 5.56 Å². The summed E-state index contributed by atoms with van der Waals surface area (Å²) < 4.78 is 0. The number of carboxylic acid groups (broad SMARTS) is 1. The zero-order chi connectivity index (χ0) is 15.7. The summed E-state index contributed by atoms with van der Waals surface area (Å²) in [6.07, 6.45) is 0.375. The third-order valence-electron chi connectivity index (χ3n) is 3.78. The Labute approximate surface area is 129 Å². The fraction of sp³-hybridized carbons (Fsp3) is 0.267. The lowest BCUT2D eigenvalue weighted by Crippen LogP contribution is -2.54. The Morgan fingerprint density at radius 3 is 2.77 bits per heavy atom. The predicted octanol–water partition coefficient (Wildman–Crippen LogP) is 1.22. The minimum atomic E-state index is -1.26. The van der Waals surface area contributed by atoms with Gasteiger partial charge >= 0.3 is 5.97 Å². The van der Waals surface area contributed by atoms with Crippen molar-refractivity contribution >= 4 is 34.5 Å². The largest absolute Gasteiger partial charge is 0.479 e. The third-order valence-corrected chi connectivity index (χ3v) is 4.97. The first-order valence-electron chi connectivity index (χ1n) is 6.78. The fourth-order valence-electron chi connectivity index (χ4n) is 2.56. The zero-order valence-corrected chi connectivity index (χ0v) is 12.4. The highest BCUT2D eigenvalue weighted by atomic mass is 32.2. The van der Waals surface area contributed by atoms with Crippen LogP contribution in [0.4, 0.5) is 0 Å². The number of thioether (sulfide) groups is 1. The summed E-state index contributed by atoms with van der Waals surface area (Å²) in [6, 6.07) is 8.14. The van der Waals surface area contributed by atoms with Gasteiger partial charge in [0.25, 0.3) is 5.91 Å². The molecule has 7 heteroatoms. The van der Waals surface area contributed by atoms with Gasteiger partial charge in [-0.25, -0.2) is 4.79 Å². The van der Waals surface area contributed by atoms with Gasteiger partial charge in [0, 0.05) is 22.7 Å². The molecule has 1 unspecified atom stereocenters. The highest BCUT2D eigenvalue weighted by Crippen LogP contribution is 2.29. The van der Waals surface area contributed by atoms with Crippen LogP contribution in [0.25, 0.3) is 10.9 Å². The quantitative estimate of drug-likeness (QED) is 0.790. The molecule has 2 aromatic rings. The Bertz CT molecular complexity index is 809. The molecule has 1 aliphatic heterocycles. The highest BCUT2D eigenvalue weighted by molar-refractivity contribution is 7.99. The number of carboxylic acids is 1. The smallest absolute Gasteiger partial charge is 0.330 e. The second-order valence-corrected chi connectivity index (χ2v) is 6.34. The molecule has 0 spiro atoms. The number of nitrogens with one attached hydrogen (secondary N) is 2. The SMILES string of the molecule is O=C(NC1(C(=O)O)CCSC1)c1cc(=O)[nH]c2ccccc12. The monoisotopic (exact) mass is 318 g/mol. The number of carbonyl (C=O) groups excluding carboxylic acids is 1. The van der Waals surface area contributed by atoms with Crippen LogP contribution in [0.5, 0.6) is 0 Å². The molecule has 0 bridgehead atoms. The summed E-state index contributed by atoms with van der Waals surface area (Å²) in [5.74, 6) is -0.565. The van der Waals surface area contributed by atoms with Gasteiger partial charge in [0.1, 0.15) is 5.54 Å². The molecule has 3 N–H and O–H groups in total. The van der Waals surface area contributed by atoms with E-state index in [2.05, 4.69) is 10.3 Å². The van der Waals surface area contributed by atoms with E-state index in [0.717, 1.165) is 0 Å². The van der Waals surface area contributed by atoms with Crippen LogP contribution < -0.4 is 10.9 Å². The van der Waals surface area contributed by atoms with Crippen molar-refractivity contribution in [3.8, 4) is 0 Å². The first kappa shape index (κ1) is 14.6. The number of hydrogen-bond acceptors (Lipinski definition) is 4. The molecule has 1 fully saturated rings. The van der Waals surface area contributed by atoms with Crippen LogP contribution in [0.3, 0.4) is 0 Å². The lowest BCUT2D eigenvalue weighted by atomic mass is 9.98. The minimum absolute atomic E-state index is 0.192. The second kappa shape index (κ2) is 5.49. The summed E-state index contributed by atoms with van der Waals surface area (Å²) in [5, 5.41) is 12.6. The molecule has 1 atom stereocenters. The highest BCUT2D eigenvalue weighted by Gasteiger charge is 2.43. The van der Waals surface area contributed by atoms with Crippen molar-refractivity contribution in [2.75, 3.05) is 11.5 Å². The van der Waals surface area contributed by atoms with Crippen molar-refractivity contribution in [3.05, 3.63) is 46.2 Å². The van der Waals surface area contributed by atoms with Crippen LogP contribution in [-0.2, 0) is 4.79 Å². The number of rotatable bonds is 3. The van der Waals surface area contributed by atoms with Gasteiger partial charge in [-0.3, -0.25) is 9.59 Å². The Kier molecular flexibility index (Phi) is 3.66. The Balaban J connectivity index is 2.02. The van der Waals surface area contributed by atoms with Crippen LogP contribution in [0.1, 0.15) is 16.8 Å². The number of aromatic nitrogens is 1. The molecule has 1 amide bonds. The van der Waals surface area contributed by atoms with Crippen molar-refractivity contribution in [2.24, 2.45) is 0 Å². The number of aromatic amines is 1. The van der Waals surface area contributed by atoms with Crippen LogP contribution >= 0.6 is 11.8 Å². The normalized spacial score (nSPS) is 20.9. The Morgan fingerprint density at radius 1 is 1.32 bits per heavy atom. The summed E-state index contributed by atoms with van der Waals surface area (Å²) in [4.78, 5) is 38.4. The van der Waals surface area contributed by atoms with E-state index in [1.807, 2.05) is 0 Å². The van der Waals surface area contributed by atoms with Crippen molar-refractivity contribution in [1.82, 2.24) is 10.3 Å². The third kappa shape index (κ3) is 2.48. The van der Waals surface area contributed by atoms with E-state index in [0.29, 0.717) is 28.8 Å². The number of carbonyl (C=O) groups is 2. The van der Waals surface area contributed by atoms with Crippen molar-refractivity contribution < 1.29 is 14.7 Å². The summed E-state index contributed by atoms with van der Waals surface area (Å²) in [6.45, 7) is 0. The van der Waals surface area contributed by atoms with E-state index in [1.54, 1.807) is 24.3 Å². The maximum absolute atomic E-state index is 12.5. The molecule has 1 aliphatic rings. The van der Waals surface area contributed by atoms with Gasteiger partial charge in [0.15, 0.2) is 0 Å². The molecular weight excluding hydrogens is 304 g/mol. The second-order valence-electron chi connectivity index (χ2n) is 5.24. The van der Waals surface area contributed by atoms with E-state index in [1.165, 1.54) is 17.8 Å². The minimum Gasteiger partial charge on any atom is -0.479 e. The number of amides is 1. The van der Waals surface area contributed by atoms with Crippen LogP contribution in [0.15, 0.2) is 35.1 Å². The molecule has 22 heavy (non-hydrogen) atoms. The van der Waals surface area contributed by atoms with Gasteiger partial charge < -0.3 is 15.4 Å². The average Bonchev–Trinajstić information content (AvgIpc) is 2.96. The molecule has 3 rings (SSSR count). The van der Waals surface area contributed by atoms with Crippen molar-refractivity contribution in [2.45, 2.75) is 12.0 Å². The van der Waals surface area contributed by atoms with Gasteiger partial charge in [-0.2, -0.15) is 11.8 Å². The lowest BCUT2D eigenvalue weighted by molar-refractivity contribution is -0.143. The van der Waals surface area contributed by atoms with Gasteiger partial charge in [-0.1, -0.05) is 18.2 Å². The molecule has 0 radical (unpaired) electrons. The first-order valence-corrected chi connectivity index (χ1v) is 7.93. The van der Waals surface area contributed by atoms with E-state index in [-0.39, 0.29) is 5.56 Å². The standard InChI is InChI=1S/C15H14N2O4S/c18-12-7-10(9-3-1-2-4-11(9)16-12)13(19)17-15(14(20)21)5-6-22-8-15/h1-4,7H,5-6,8H2,(H,16,18)(H,17,19)(H,20,21). The maximum atomic E-state index is 12.5. The Hall–Kier alpha value is -2.28. The van der Waals surface area contributed by atoms with Gasteiger partial charge in [0.2, 0.25) is 5.56 Å². The number of fused-ring (bicyclic) bond motifs is 1. The molecule has 114 valence electrons. The molecule has 6 nitrogen and oxygen atoms in total. The number of benzene rings is 1. The average molecular weight is 318 g/mol. The van der Waals surface area contributed by atoms with E-state index < -0.39 is 23.0 Å². The summed E-state index contributed by atoms with van der Waals surface area (Å²) in [7, 11) is 0. The van der Waals surface area contributed by atoms with Crippen LogP contribution in [0, 0.1) is 0 Å². The number of pyridine rings is 1. The number of aliphatic carboxylic acids is 1. The number of hydrogen-bond donors (Lipinski definition) is 3. The van der Waals surface area contributed by atoms with E-state index >= 15 is 0 Å². The molecule has 1 aromatic carbocycles. The van der Waals surface area contributed by atoms with Crippen molar-refractivity contribution in [1.29, 1.82) is 0 Å². The molecule has 0 aliphatic carbocycles. The predicted molar refractivity (Wildman–Crippen MR) is 84.3 cm³/mol.